The summed E-state index contributed by atoms with van der Waals surface area (Å²) in [6.07, 6.45) is 1.44. The third-order valence-electron chi connectivity index (χ3n) is 3.48. The third kappa shape index (κ3) is 4.39. The van der Waals surface area contributed by atoms with E-state index in [9.17, 15) is 4.79 Å². The van der Waals surface area contributed by atoms with Crippen molar-refractivity contribution in [3.8, 4) is 11.5 Å². The number of aromatic nitrogens is 1. The average Bonchev–Trinajstić information content (AvgIpc) is 2.98. The van der Waals surface area contributed by atoms with Crippen molar-refractivity contribution in [2.24, 2.45) is 0 Å². The number of aryl methyl sites for hydroxylation is 1. The van der Waals surface area contributed by atoms with Gasteiger partial charge in [-0.3, -0.25) is 4.79 Å². The molecule has 0 saturated carbocycles. The molecule has 0 aliphatic carbocycles. The highest BCUT2D eigenvalue weighted by atomic mass is 35.5. The molecule has 2 heterocycles. The molecular weight excluding hydrogens is 320 g/mol. The number of nitrogens with one attached hydrogen (secondary N) is 1. The van der Waals surface area contributed by atoms with E-state index in [0.717, 1.165) is 11.5 Å². The number of halogens is 1. The molecule has 0 unspecified atom stereocenters. The van der Waals surface area contributed by atoms with Crippen molar-refractivity contribution >= 4 is 17.5 Å². The summed E-state index contributed by atoms with van der Waals surface area (Å²) in [5.74, 6) is 2.07. The second-order valence-corrected chi connectivity index (χ2v) is 5.64. The molecule has 3 rings (SSSR count). The molecule has 0 spiro atoms. The number of amides is 1. The number of hydrogen-bond acceptors (Lipinski definition) is 5. The van der Waals surface area contributed by atoms with Gasteiger partial charge < -0.3 is 19.3 Å². The Morgan fingerprint density at radius 2 is 2.17 bits per heavy atom. The van der Waals surface area contributed by atoms with Crippen molar-refractivity contribution in [1.82, 2.24) is 10.5 Å². The molecule has 0 radical (unpaired) electrons. The van der Waals surface area contributed by atoms with Gasteiger partial charge in [0.05, 0.1) is 0 Å². The Labute approximate surface area is 138 Å². The van der Waals surface area contributed by atoms with Gasteiger partial charge in [0.1, 0.15) is 18.5 Å². The van der Waals surface area contributed by atoms with Crippen LogP contribution in [-0.4, -0.2) is 30.3 Å². The van der Waals surface area contributed by atoms with E-state index in [2.05, 4.69) is 10.5 Å². The lowest BCUT2D eigenvalue weighted by Crippen LogP contribution is -2.34. The fraction of sp³-hybridized carbons (Fsp3) is 0.375. The quantitative estimate of drug-likeness (QED) is 0.877. The standard InChI is InChI=1S/C16H17ClN2O4/c17-15-9-11(23-19-15)5-6-16(20)18-8-7-12-10-21-13-3-1-2-4-14(13)22-12/h1-4,9,12H,5-8,10H2,(H,18,20)/t12-/m0/s1. The maximum Gasteiger partial charge on any atom is 0.220 e. The number of carbonyl (C=O) groups excluding carboxylic acids is 1. The molecule has 1 aliphatic heterocycles. The fourth-order valence-corrected chi connectivity index (χ4v) is 2.46. The lowest BCUT2D eigenvalue weighted by molar-refractivity contribution is -0.121. The lowest BCUT2D eigenvalue weighted by atomic mass is 10.2. The van der Waals surface area contributed by atoms with Gasteiger partial charge in [0, 0.05) is 31.9 Å². The number of fused-ring (bicyclic) bond motifs is 1. The third-order valence-corrected chi connectivity index (χ3v) is 3.66. The van der Waals surface area contributed by atoms with Gasteiger partial charge in [-0.1, -0.05) is 28.9 Å². The fourth-order valence-electron chi connectivity index (χ4n) is 2.31. The second kappa shape index (κ2) is 7.37. The Balaban J connectivity index is 1.36. The van der Waals surface area contributed by atoms with Crippen LogP contribution in [0.1, 0.15) is 18.6 Å². The highest BCUT2D eigenvalue weighted by Crippen LogP contribution is 2.31. The van der Waals surface area contributed by atoms with Crippen LogP contribution in [0.25, 0.3) is 0 Å². The predicted octanol–water partition coefficient (Wildman–Crippen LogP) is 2.61. The molecule has 1 N–H and O–H groups in total. The van der Waals surface area contributed by atoms with E-state index in [1.54, 1.807) is 6.07 Å². The Morgan fingerprint density at radius 3 is 2.96 bits per heavy atom. The topological polar surface area (TPSA) is 73.6 Å². The van der Waals surface area contributed by atoms with Gasteiger partial charge in [-0.15, -0.1) is 0 Å². The zero-order valence-corrected chi connectivity index (χ0v) is 13.2. The van der Waals surface area contributed by atoms with Crippen molar-refractivity contribution in [3.63, 3.8) is 0 Å². The molecule has 0 bridgehead atoms. The van der Waals surface area contributed by atoms with Gasteiger partial charge in [-0.2, -0.15) is 0 Å². The van der Waals surface area contributed by atoms with Gasteiger partial charge in [-0.25, -0.2) is 0 Å². The first-order chi connectivity index (χ1) is 11.2. The van der Waals surface area contributed by atoms with Crippen LogP contribution in [0.5, 0.6) is 11.5 Å². The molecule has 1 aliphatic rings. The second-order valence-electron chi connectivity index (χ2n) is 5.25. The van der Waals surface area contributed by atoms with Gasteiger partial charge in [0.15, 0.2) is 16.7 Å². The normalized spacial score (nSPS) is 16.1. The Morgan fingerprint density at radius 1 is 1.35 bits per heavy atom. The van der Waals surface area contributed by atoms with Crippen LogP contribution in [0.4, 0.5) is 0 Å². The molecule has 23 heavy (non-hydrogen) atoms. The van der Waals surface area contributed by atoms with Gasteiger partial charge in [-0.05, 0) is 12.1 Å². The maximum absolute atomic E-state index is 11.8. The minimum atomic E-state index is -0.0571. The molecule has 1 aromatic carbocycles. The van der Waals surface area contributed by atoms with Crippen LogP contribution in [0, 0.1) is 0 Å². The van der Waals surface area contributed by atoms with E-state index in [1.165, 1.54) is 0 Å². The summed E-state index contributed by atoms with van der Waals surface area (Å²) < 4.78 is 16.4. The number of carbonyl (C=O) groups is 1. The average molecular weight is 337 g/mol. The lowest BCUT2D eigenvalue weighted by Gasteiger charge is -2.26. The Hall–Kier alpha value is -2.21. The summed E-state index contributed by atoms with van der Waals surface area (Å²) in [7, 11) is 0. The van der Waals surface area contributed by atoms with E-state index in [4.69, 9.17) is 25.6 Å². The number of ether oxygens (including phenoxy) is 2. The first kappa shape index (κ1) is 15.7. The van der Waals surface area contributed by atoms with Crippen molar-refractivity contribution < 1.29 is 18.8 Å². The van der Waals surface area contributed by atoms with Crippen LogP contribution >= 0.6 is 11.6 Å². The van der Waals surface area contributed by atoms with Crippen LogP contribution in [0.15, 0.2) is 34.9 Å². The van der Waals surface area contributed by atoms with E-state index in [-0.39, 0.29) is 12.0 Å². The molecule has 0 fully saturated rings. The van der Waals surface area contributed by atoms with Crippen molar-refractivity contribution in [2.75, 3.05) is 13.2 Å². The summed E-state index contributed by atoms with van der Waals surface area (Å²) in [6.45, 7) is 1.02. The number of rotatable bonds is 6. The van der Waals surface area contributed by atoms with Crippen molar-refractivity contribution in [2.45, 2.75) is 25.4 Å². The van der Waals surface area contributed by atoms with Crippen LogP contribution in [0.3, 0.4) is 0 Å². The number of para-hydroxylation sites is 2. The molecule has 6 nitrogen and oxygen atoms in total. The van der Waals surface area contributed by atoms with E-state index in [0.29, 0.717) is 43.3 Å². The zero-order chi connectivity index (χ0) is 16.1. The minimum absolute atomic E-state index is 0.0466. The molecule has 7 heteroatoms. The summed E-state index contributed by atoms with van der Waals surface area (Å²) in [4.78, 5) is 11.8. The van der Waals surface area contributed by atoms with Crippen LogP contribution in [0.2, 0.25) is 5.15 Å². The summed E-state index contributed by atoms with van der Waals surface area (Å²) >= 11 is 5.65. The van der Waals surface area contributed by atoms with Gasteiger partial charge in [0.25, 0.3) is 0 Å². The smallest absolute Gasteiger partial charge is 0.220 e. The minimum Gasteiger partial charge on any atom is -0.486 e. The zero-order valence-electron chi connectivity index (χ0n) is 12.5. The van der Waals surface area contributed by atoms with Crippen LogP contribution in [-0.2, 0) is 11.2 Å². The Kier molecular flexibility index (Phi) is 5.02. The molecular formula is C16H17ClN2O4. The Bertz CT molecular complexity index is 674. The van der Waals surface area contributed by atoms with Crippen LogP contribution < -0.4 is 14.8 Å². The molecule has 122 valence electrons. The number of benzene rings is 1. The largest absolute Gasteiger partial charge is 0.486 e. The van der Waals surface area contributed by atoms with Crippen molar-refractivity contribution in [3.05, 3.63) is 41.2 Å². The van der Waals surface area contributed by atoms with E-state index < -0.39 is 0 Å². The SMILES string of the molecule is O=C(CCc1cc(Cl)no1)NCC[C@H]1COc2ccccc2O1. The maximum atomic E-state index is 11.8. The molecule has 0 saturated heterocycles. The number of nitrogens with zero attached hydrogens (tertiary/aromatic N) is 1. The van der Waals surface area contributed by atoms with E-state index >= 15 is 0 Å². The van der Waals surface area contributed by atoms with Gasteiger partial charge in [0.2, 0.25) is 5.91 Å². The summed E-state index contributed by atoms with van der Waals surface area (Å²) in [5, 5.41) is 6.73. The number of hydrogen-bond donors (Lipinski definition) is 1. The molecule has 2 aromatic rings. The van der Waals surface area contributed by atoms with Gasteiger partial charge >= 0.3 is 0 Å². The molecule has 1 amide bonds. The molecule has 1 aromatic heterocycles. The molecule has 1 atom stereocenters. The van der Waals surface area contributed by atoms with E-state index in [1.807, 2.05) is 24.3 Å². The first-order valence-electron chi connectivity index (χ1n) is 7.47. The summed E-state index contributed by atoms with van der Waals surface area (Å²) in [6, 6.07) is 9.18. The highest BCUT2D eigenvalue weighted by Gasteiger charge is 2.20. The first-order valence-corrected chi connectivity index (χ1v) is 7.85. The highest BCUT2D eigenvalue weighted by molar-refractivity contribution is 6.29. The monoisotopic (exact) mass is 336 g/mol. The summed E-state index contributed by atoms with van der Waals surface area (Å²) in [5.41, 5.74) is 0. The van der Waals surface area contributed by atoms with Crippen molar-refractivity contribution in [1.29, 1.82) is 0 Å². The predicted molar refractivity (Wildman–Crippen MR) is 83.8 cm³/mol.